The third-order valence-electron chi connectivity index (χ3n) is 3.82. The van der Waals surface area contributed by atoms with Crippen molar-refractivity contribution in [3.63, 3.8) is 0 Å². The second-order valence-electron chi connectivity index (χ2n) is 5.85. The molecule has 8 heteroatoms. The molecule has 0 radical (unpaired) electrons. The Morgan fingerprint density at radius 2 is 2.00 bits per heavy atom. The van der Waals surface area contributed by atoms with E-state index in [1.807, 2.05) is 22.6 Å². The lowest BCUT2D eigenvalue weighted by molar-refractivity contribution is -0.149. The fraction of sp³-hybridized carbons (Fsp3) is 0.471. The third-order valence-corrected chi connectivity index (χ3v) is 4.40. The van der Waals surface area contributed by atoms with Gasteiger partial charge in [0, 0.05) is 12.1 Å². The molecule has 0 aromatic carbocycles. The monoisotopic (exact) mass is 460 g/mol. The molecule has 2 N–H and O–H groups in total. The summed E-state index contributed by atoms with van der Waals surface area (Å²) in [4.78, 5) is 35.4. The van der Waals surface area contributed by atoms with Gasteiger partial charge in [0.2, 0.25) is 0 Å². The predicted octanol–water partition coefficient (Wildman–Crippen LogP) is 2.99. The molecule has 0 aliphatic heterocycles. The van der Waals surface area contributed by atoms with Crippen molar-refractivity contribution in [2.45, 2.75) is 51.2 Å². The van der Waals surface area contributed by atoms with E-state index in [2.05, 4.69) is 10.6 Å². The van der Waals surface area contributed by atoms with Crippen molar-refractivity contribution in [2.24, 2.45) is 0 Å². The van der Waals surface area contributed by atoms with Crippen LogP contribution in [0.25, 0.3) is 6.08 Å². The van der Waals surface area contributed by atoms with Gasteiger partial charge in [0.25, 0.3) is 5.91 Å². The Kier molecular flexibility index (Phi) is 7.48. The summed E-state index contributed by atoms with van der Waals surface area (Å²) < 4.78 is 10.9. The first-order chi connectivity index (χ1) is 11.9. The van der Waals surface area contributed by atoms with Crippen molar-refractivity contribution < 1.29 is 23.5 Å². The first-order valence-corrected chi connectivity index (χ1v) is 9.27. The van der Waals surface area contributed by atoms with Crippen molar-refractivity contribution in [1.82, 2.24) is 10.6 Å². The Hall–Kier alpha value is -1.84. The molecular formula is C17H21IN2O5. The number of carbonyl (C=O) groups is 3. The quantitative estimate of drug-likeness (QED) is 0.400. The lowest BCUT2D eigenvalue weighted by Crippen LogP contribution is -2.48. The van der Waals surface area contributed by atoms with Gasteiger partial charge in [0.15, 0.2) is 9.87 Å². The van der Waals surface area contributed by atoms with Crippen molar-refractivity contribution in [3.05, 3.63) is 27.7 Å². The average molecular weight is 460 g/mol. The molecule has 3 amide bonds. The highest BCUT2D eigenvalue weighted by Crippen LogP contribution is 2.17. The molecule has 7 nitrogen and oxygen atoms in total. The average Bonchev–Trinajstić information content (AvgIpc) is 2.99. The minimum absolute atomic E-state index is 0.0958. The zero-order valence-corrected chi connectivity index (χ0v) is 16.1. The summed E-state index contributed by atoms with van der Waals surface area (Å²) in [6.45, 7) is 1.41. The lowest BCUT2D eigenvalue weighted by atomic mass is 9.96. The van der Waals surface area contributed by atoms with Crippen LogP contribution in [0.1, 0.15) is 44.8 Å². The van der Waals surface area contributed by atoms with Crippen molar-refractivity contribution >= 4 is 46.6 Å². The Morgan fingerprint density at radius 3 is 2.64 bits per heavy atom. The molecule has 1 aliphatic rings. The highest BCUT2D eigenvalue weighted by Gasteiger charge is 2.21. The number of amides is 3. The maximum absolute atomic E-state index is 11.9. The molecule has 1 heterocycles. The molecule has 1 atom stereocenters. The first-order valence-electron chi connectivity index (χ1n) is 8.19. The summed E-state index contributed by atoms with van der Waals surface area (Å²) in [7, 11) is 0. The molecule has 0 spiro atoms. The molecule has 1 aliphatic carbocycles. The molecule has 1 fully saturated rings. The van der Waals surface area contributed by atoms with Crippen molar-refractivity contribution in [3.8, 4) is 0 Å². The molecule has 0 bridgehead atoms. The van der Waals surface area contributed by atoms with Gasteiger partial charge in [-0.15, -0.1) is 0 Å². The van der Waals surface area contributed by atoms with Crippen LogP contribution in [-0.4, -0.2) is 30.1 Å². The number of rotatable bonds is 5. The number of hydrogen-bond acceptors (Lipinski definition) is 5. The number of carbonyl (C=O) groups excluding carboxylic acids is 3. The molecular weight excluding hydrogens is 439 g/mol. The van der Waals surface area contributed by atoms with Gasteiger partial charge in [-0.3, -0.25) is 10.1 Å². The van der Waals surface area contributed by atoms with E-state index in [-0.39, 0.29) is 6.04 Å². The summed E-state index contributed by atoms with van der Waals surface area (Å²) >= 11 is 2.01. The molecule has 2 rings (SSSR count). The molecule has 0 saturated heterocycles. The Balaban J connectivity index is 1.74. The van der Waals surface area contributed by atoms with Crippen LogP contribution in [0.4, 0.5) is 4.79 Å². The van der Waals surface area contributed by atoms with Crippen LogP contribution in [0, 0.1) is 3.77 Å². The summed E-state index contributed by atoms with van der Waals surface area (Å²) in [5.41, 5.74) is 0. The van der Waals surface area contributed by atoms with E-state index in [0.29, 0.717) is 9.53 Å². The van der Waals surface area contributed by atoms with E-state index in [1.54, 1.807) is 12.1 Å². The van der Waals surface area contributed by atoms with Crippen molar-refractivity contribution in [2.75, 3.05) is 0 Å². The number of halogens is 1. The number of esters is 1. The van der Waals surface area contributed by atoms with E-state index in [4.69, 9.17) is 9.15 Å². The van der Waals surface area contributed by atoms with Crippen molar-refractivity contribution in [1.29, 1.82) is 0 Å². The van der Waals surface area contributed by atoms with Crippen LogP contribution >= 0.6 is 22.6 Å². The van der Waals surface area contributed by atoms with Gasteiger partial charge < -0.3 is 14.5 Å². The molecule has 1 saturated carbocycles. The van der Waals surface area contributed by atoms with Crippen LogP contribution in [0.3, 0.4) is 0 Å². The fourth-order valence-electron chi connectivity index (χ4n) is 2.52. The Labute approximate surface area is 159 Å². The van der Waals surface area contributed by atoms with Gasteiger partial charge in [-0.1, -0.05) is 19.3 Å². The van der Waals surface area contributed by atoms with E-state index in [9.17, 15) is 14.4 Å². The minimum Gasteiger partial charge on any atom is -0.451 e. The van der Waals surface area contributed by atoms with Gasteiger partial charge in [0.1, 0.15) is 5.76 Å². The van der Waals surface area contributed by atoms with Crippen LogP contribution in [0.5, 0.6) is 0 Å². The molecule has 1 aromatic rings. The molecule has 25 heavy (non-hydrogen) atoms. The number of furan rings is 1. The zero-order chi connectivity index (χ0) is 18.2. The minimum atomic E-state index is -1.08. The predicted molar refractivity (Wildman–Crippen MR) is 99.6 cm³/mol. The maximum Gasteiger partial charge on any atom is 0.331 e. The van der Waals surface area contributed by atoms with Crippen LogP contribution in [-0.2, 0) is 14.3 Å². The van der Waals surface area contributed by atoms with Crippen LogP contribution < -0.4 is 10.6 Å². The summed E-state index contributed by atoms with van der Waals surface area (Å²) in [5.74, 6) is -0.852. The van der Waals surface area contributed by atoms with Gasteiger partial charge in [-0.05, 0) is 60.6 Å². The number of ether oxygens (including phenoxy) is 1. The normalized spacial score (nSPS) is 16.4. The van der Waals surface area contributed by atoms with Gasteiger partial charge in [-0.25, -0.2) is 9.59 Å². The number of imide groups is 1. The van der Waals surface area contributed by atoms with E-state index in [0.717, 1.165) is 25.7 Å². The van der Waals surface area contributed by atoms with E-state index >= 15 is 0 Å². The first kappa shape index (κ1) is 19.5. The Morgan fingerprint density at radius 1 is 1.28 bits per heavy atom. The third kappa shape index (κ3) is 6.89. The number of hydrogen-bond donors (Lipinski definition) is 2. The fourth-order valence-corrected chi connectivity index (χ4v) is 2.95. The van der Waals surface area contributed by atoms with E-state index < -0.39 is 24.0 Å². The number of nitrogens with one attached hydrogen (secondary N) is 2. The molecule has 1 unspecified atom stereocenters. The van der Waals surface area contributed by atoms with Gasteiger partial charge in [0.05, 0.1) is 0 Å². The summed E-state index contributed by atoms with van der Waals surface area (Å²) in [5, 5.41) is 4.97. The zero-order valence-electron chi connectivity index (χ0n) is 13.9. The SMILES string of the molecule is CC(OC(=O)/C=C/c1ccc(I)o1)C(=O)NC(=O)NC1CCCCC1. The highest BCUT2D eigenvalue weighted by atomic mass is 127. The van der Waals surface area contributed by atoms with Gasteiger partial charge >= 0.3 is 12.0 Å². The topological polar surface area (TPSA) is 97.6 Å². The van der Waals surface area contributed by atoms with Gasteiger partial charge in [-0.2, -0.15) is 0 Å². The second kappa shape index (κ2) is 9.59. The molecule has 1 aromatic heterocycles. The van der Waals surface area contributed by atoms with Crippen LogP contribution in [0.2, 0.25) is 0 Å². The summed E-state index contributed by atoms with van der Waals surface area (Å²) in [6.07, 6.45) is 6.71. The largest absolute Gasteiger partial charge is 0.451 e. The summed E-state index contributed by atoms with van der Waals surface area (Å²) in [6, 6.07) is 3.00. The maximum atomic E-state index is 11.9. The number of urea groups is 1. The molecule has 136 valence electrons. The lowest BCUT2D eigenvalue weighted by Gasteiger charge is -2.23. The highest BCUT2D eigenvalue weighted by molar-refractivity contribution is 14.1. The second-order valence-corrected chi connectivity index (χ2v) is 6.92. The Bertz CT molecular complexity index is 649. The smallest absolute Gasteiger partial charge is 0.331 e. The van der Waals surface area contributed by atoms with E-state index in [1.165, 1.54) is 25.5 Å². The standard InChI is InChI=1S/C17H21IN2O5/c1-11(24-15(21)10-8-13-7-9-14(18)25-13)16(22)20-17(23)19-12-5-3-2-4-6-12/h7-12H,2-6H2,1H3,(H2,19,20,22,23)/b10-8+. The van der Waals surface area contributed by atoms with Crippen LogP contribution in [0.15, 0.2) is 22.6 Å².